The number of piperidine rings is 1. The molecule has 186 valence electrons. The van der Waals surface area contributed by atoms with Crippen molar-refractivity contribution in [3.8, 4) is 22.9 Å². The SMILES string of the molecule is COc1cc(C(=O)N2CCC3(CC2)CC(=O)c2cc(-c4nn[nH]n4)ccc2O3)cc2c1ccn2OC.[H-].[Na+]. The molecule has 1 fully saturated rings. The second kappa shape index (κ2) is 9.81. The molecule has 1 spiro atoms. The van der Waals surface area contributed by atoms with Gasteiger partial charge in [0.1, 0.15) is 24.2 Å². The van der Waals surface area contributed by atoms with Crippen molar-refractivity contribution < 1.29 is 54.9 Å². The third-order valence-electron chi connectivity index (χ3n) is 7.05. The molecule has 2 aliphatic rings. The molecule has 0 aliphatic carbocycles. The third kappa shape index (κ3) is 4.36. The average Bonchev–Trinajstić information content (AvgIpc) is 3.58. The number of hydrogen-bond donors (Lipinski definition) is 1. The van der Waals surface area contributed by atoms with E-state index in [9.17, 15) is 9.59 Å². The Labute approximate surface area is 235 Å². The number of hydrogen-bond acceptors (Lipinski definition) is 8. The van der Waals surface area contributed by atoms with Crippen LogP contribution in [0.2, 0.25) is 0 Å². The standard InChI is InChI=1S/C25H24N6O5.Na.H/c1-34-22-13-16(12-19-17(22)5-8-31(19)35-2)24(33)30-9-6-25(7-10-30)14-20(32)18-11-15(3-4-21(18)36-25)23-26-28-29-27-23;;/h3-5,8,11-13H,6-7,9-10,14H2,1-2H3,(H,26,27,28,29);;/q;+1;-1. The minimum absolute atomic E-state index is 0. The number of ketones is 1. The molecule has 11 nitrogen and oxygen atoms in total. The predicted molar refractivity (Wildman–Crippen MR) is 129 cm³/mol. The van der Waals surface area contributed by atoms with E-state index >= 15 is 0 Å². The number of H-pyrrole nitrogens is 1. The number of fused-ring (bicyclic) bond motifs is 2. The maximum Gasteiger partial charge on any atom is 1.00 e. The van der Waals surface area contributed by atoms with E-state index in [0.29, 0.717) is 59.9 Å². The molecule has 0 bridgehead atoms. The summed E-state index contributed by atoms with van der Waals surface area (Å²) in [6, 6.07) is 10.8. The summed E-state index contributed by atoms with van der Waals surface area (Å²) in [4.78, 5) is 33.7. The van der Waals surface area contributed by atoms with Crippen molar-refractivity contribution in [2.24, 2.45) is 0 Å². The van der Waals surface area contributed by atoms with Gasteiger partial charge in [-0.15, -0.1) is 10.2 Å². The van der Waals surface area contributed by atoms with Crippen molar-refractivity contribution in [3.05, 3.63) is 53.7 Å². The van der Waals surface area contributed by atoms with Crippen molar-refractivity contribution in [2.45, 2.75) is 24.9 Å². The van der Waals surface area contributed by atoms with E-state index < -0.39 is 5.60 Å². The Morgan fingerprint density at radius 1 is 1.16 bits per heavy atom. The molecule has 6 rings (SSSR count). The van der Waals surface area contributed by atoms with Crippen LogP contribution < -0.4 is 43.9 Å². The zero-order chi connectivity index (χ0) is 24.9. The van der Waals surface area contributed by atoms with Crippen LogP contribution in [0.3, 0.4) is 0 Å². The van der Waals surface area contributed by atoms with Gasteiger partial charge >= 0.3 is 29.6 Å². The summed E-state index contributed by atoms with van der Waals surface area (Å²) in [6.45, 7) is 0.960. The molecule has 0 radical (unpaired) electrons. The molecule has 12 heteroatoms. The fraction of sp³-hybridized carbons (Fsp3) is 0.320. The zero-order valence-corrected chi connectivity index (χ0v) is 22.9. The molecule has 1 N–H and O–H groups in total. The van der Waals surface area contributed by atoms with Gasteiger partial charge in [-0.3, -0.25) is 9.59 Å². The molecule has 2 aromatic heterocycles. The molecular weight excluding hydrogens is 487 g/mol. The van der Waals surface area contributed by atoms with Crippen LogP contribution in [0, 0.1) is 0 Å². The molecule has 0 unspecified atom stereocenters. The largest absolute Gasteiger partial charge is 1.00 e. The van der Waals surface area contributed by atoms with E-state index in [1.54, 1.807) is 48.2 Å². The van der Waals surface area contributed by atoms with Gasteiger partial charge < -0.3 is 20.6 Å². The van der Waals surface area contributed by atoms with Gasteiger partial charge in [-0.2, -0.15) is 9.94 Å². The number of nitrogens with one attached hydrogen (secondary N) is 1. The maximum atomic E-state index is 13.4. The average molecular weight is 513 g/mol. The predicted octanol–water partition coefficient (Wildman–Crippen LogP) is -0.355. The number of aromatic nitrogens is 5. The topological polar surface area (TPSA) is 124 Å². The number of likely N-dealkylation sites (tertiary alicyclic amines) is 1. The van der Waals surface area contributed by atoms with Crippen LogP contribution in [-0.2, 0) is 0 Å². The van der Waals surface area contributed by atoms with E-state index in [2.05, 4.69) is 20.6 Å². The summed E-state index contributed by atoms with van der Waals surface area (Å²) in [5, 5.41) is 14.8. The summed E-state index contributed by atoms with van der Waals surface area (Å²) < 4.78 is 13.5. The zero-order valence-electron chi connectivity index (χ0n) is 21.9. The first-order valence-electron chi connectivity index (χ1n) is 11.6. The van der Waals surface area contributed by atoms with Crippen LogP contribution in [0.5, 0.6) is 11.5 Å². The van der Waals surface area contributed by atoms with Gasteiger partial charge in [0.2, 0.25) is 5.82 Å². The smallest absolute Gasteiger partial charge is 1.00 e. The number of benzene rings is 2. The second-order valence-corrected chi connectivity index (χ2v) is 9.06. The quantitative estimate of drug-likeness (QED) is 0.368. The summed E-state index contributed by atoms with van der Waals surface area (Å²) in [7, 11) is 3.15. The van der Waals surface area contributed by atoms with Gasteiger partial charge in [0.05, 0.1) is 24.6 Å². The molecule has 2 aromatic carbocycles. The minimum Gasteiger partial charge on any atom is -1.00 e. The van der Waals surface area contributed by atoms with E-state index in [1.165, 1.54) is 0 Å². The summed E-state index contributed by atoms with van der Waals surface area (Å²) >= 11 is 0. The number of nitrogens with zero attached hydrogens (tertiary/aromatic N) is 5. The second-order valence-electron chi connectivity index (χ2n) is 9.06. The Morgan fingerprint density at radius 3 is 2.68 bits per heavy atom. The van der Waals surface area contributed by atoms with Gasteiger partial charge in [-0.05, 0) is 41.6 Å². The molecule has 37 heavy (non-hydrogen) atoms. The van der Waals surface area contributed by atoms with Gasteiger partial charge in [0.15, 0.2) is 5.78 Å². The summed E-state index contributed by atoms with van der Waals surface area (Å²) in [6.07, 6.45) is 3.17. The number of carbonyl (C=O) groups excluding carboxylic acids is 2. The first-order chi connectivity index (χ1) is 17.5. The van der Waals surface area contributed by atoms with Crippen molar-refractivity contribution in [1.29, 1.82) is 0 Å². The fourth-order valence-corrected chi connectivity index (χ4v) is 5.13. The van der Waals surface area contributed by atoms with Crippen molar-refractivity contribution in [1.82, 2.24) is 30.3 Å². The van der Waals surface area contributed by atoms with Crippen molar-refractivity contribution in [3.63, 3.8) is 0 Å². The number of ether oxygens (including phenoxy) is 2. The molecule has 4 heterocycles. The number of aromatic amines is 1. The molecule has 1 saturated heterocycles. The number of rotatable bonds is 4. The van der Waals surface area contributed by atoms with E-state index in [4.69, 9.17) is 14.3 Å². The first kappa shape index (κ1) is 25.2. The van der Waals surface area contributed by atoms with Crippen LogP contribution in [0.15, 0.2) is 42.6 Å². The third-order valence-corrected chi connectivity index (χ3v) is 7.05. The Hall–Kier alpha value is -3.41. The van der Waals surface area contributed by atoms with Gasteiger partial charge in [-0.1, -0.05) is 0 Å². The molecular formula is C25H25N6NaO5. The van der Waals surface area contributed by atoms with Crippen molar-refractivity contribution >= 4 is 22.6 Å². The van der Waals surface area contributed by atoms with E-state index in [-0.39, 0.29) is 49.1 Å². The van der Waals surface area contributed by atoms with Gasteiger partial charge in [0.25, 0.3) is 5.91 Å². The van der Waals surface area contributed by atoms with Crippen LogP contribution in [0.25, 0.3) is 22.3 Å². The van der Waals surface area contributed by atoms with Gasteiger partial charge in [-0.25, -0.2) is 0 Å². The summed E-state index contributed by atoms with van der Waals surface area (Å²) in [5.74, 6) is 1.50. The minimum atomic E-state index is -0.624. The monoisotopic (exact) mass is 512 g/mol. The number of methoxy groups -OCH3 is 1. The summed E-state index contributed by atoms with van der Waals surface area (Å²) in [5.41, 5.74) is 1.87. The number of carbonyl (C=O) groups is 2. The van der Waals surface area contributed by atoms with E-state index in [0.717, 1.165) is 10.9 Å². The molecule has 0 atom stereocenters. The van der Waals surface area contributed by atoms with E-state index in [1.807, 2.05) is 18.2 Å². The Bertz CT molecular complexity index is 1480. The maximum absolute atomic E-state index is 13.4. The molecule has 2 aliphatic heterocycles. The van der Waals surface area contributed by atoms with Crippen LogP contribution in [-0.4, -0.2) is 74.9 Å². The fourth-order valence-electron chi connectivity index (χ4n) is 5.13. The first-order valence-corrected chi connectivity index (χ1v) is 11.6. The Morgan fingerprint density at radius 2 is 1.97 bits per heavy atom. The van der Waals surface area contributed by atoms with Crippen LogP contribution in [0.4, 0.5) is 0 Å². The van der Waals surface area contributed by atoms with Crippen LogP contribution >= 0.6 is 0 Å². The number of Topliss-reactive ketones (excluding diaryl/α,β-unsaturated/α-hetero) is 1. The van der Waals surface area contributed by atoms with Gasteiger partial charge in [0, 0.05) is 48.6 Å². The Balaban J connectivity index is 0.00000168. The Kier molecular flexibility index (Phi) is 6.69. The molecule has 4 aromatic rings. The van der Waals surface area contributed by atoms with Crippen molar-refractivity contribution in [2.75, 3.05) is 27.3 Å². The normalized spacial score (nSPS) is 16.2. The molecule has 1 amide bonds. The molecule has 0 saturated carbocycles. The number of tetrazole rings is 1. The van der Waals surface area contributed by atoms with Crippen LogP contribution in [0.1, 0.15) is 41.4 Å². The number of amides is 1.